The van der Waals surface area contributed by atoms with Crippen molar-refractivity contribution in [1.82, 2.24) is 19.7 Å². The van der Waals surface area contributed by atoms with Gasteiger partial charge in [0.2, 0.25) is 11.8 Å². The first-order chi connectivity index (χ1) is 15.6. The van der Waals surface area contributed by atoms with E-state index >= 15 is 0 Å². The minimum Gasteiger partial charge on any atom is -0.342 e. The van der Waals surface area contributed by atoms with Gasteiger partial charge in [0.25, 0.3) is 0 Å². The second-order valence-corrected chi connectivity index (χ2v) is 11.5. The Hall–Kier alpha value is -2.41. The van der Waals surface area contributed by atoms with Crippen molar-refractivity contribution in [3.05, 3.63) is 29.2 Å². The molecule has 3 atom stereocenters. The van der Waals surface area contributed by atoms with E-state index < -0.39 is 0 Å². The fraction of sp³-hybridized carbons (Fsp3) is 0.600. The van der Waals surface area contributed by atoms with Gasteiger partial charge in [-0.05, 0) is 42.6 Å². The smallest absolute Gasteiger partial charge is 0.228 e. The second kappa shape index (κ2) is 8.12. The monoisotopic (exact) mass is 469 g/mol. The molecular formula is C25H32ClN5O2. The maximum atomic E-state index is 13.0. The molecule has 0 radical (unpaired) electrons. The number of likely N-dealkylation sites (tertiary alicyclic amines) is 1. The summed E-state index contributed by atoms with van der Waals surface area (Å²) in [6.45, 7) is 10.8. The van der Waals surface area contributed by atoms with Crippen LogP contribution in [0.5, 0.6) is 0 Å². The number of amides is 2. The highest BCUT2D eigenvalue weighted by molar-refractivity contribution is 6.33. The van der Waals surface area contributed by atoms with Gasteiger partial charge in [-0.1, -0.05) is 39.3 Å². The first kappa shape index (κ1) is 22.4. The average molecular weight is 470 g/mol. The van der Waals surface area contributed by atoms with Crippen LogP contribution in [-0.2, 0) is 22.6 Å². The minimum atomic E-state index is -0.0431. The van der Waals surface area contributed by atoms with Gasteiger partial charge < -0.3 is 10.2 Å². The third kappa shape index (κ3) is 4.16. The fourth-order valence-electron chi connectivity index (χ4n) is 5.87. The number of hydrogen-bond acceptors (Lipinski definition) is 4. The summed E-state index contributed by atoms with van der Waals surface area (Å²) in [7, 11) is 0. The molecule has 176 valence electrons. The molecule has 1 N–H and O–H groups in total. The molecular weight excluding hydrogens is 438 g/mol. The highest BCUT2D eigenvalue weighted by atomic mass is 35.5. The molecule has 2 aliphatic heterocycles. The van der Waals surface area contributed by atoms with Crippen LogP contribution in [0.15, 0.2) is 18.5 Å². The Bertz CT molecular complexity index is 1090. The van der Waals surface area contributed by atoms with E-state index in [2.05, 4.69) is 33.9 Å². The fourth-order valence-corrected chi connectivity index (χ4v) is 6.08. The van der Waals surface area contributed by atoms with E-state index in [-0.39, 0.29) is 29.1 Å². The standard InChI is InChI=1S/C25H32ClN5O2/c1-14(2)24(33)30-11-16-5-15(6-17(16)12-30)23(32)29-22-7-18(20(26)10-27-22)19-9-28-31-13-25(3,4)8-21(19)31/h7,9-10,14-17H,5-6,8,11-13H2,1-4H3,(H,27,29,32)/t15?,16-,17+. The van der Waals surface area contributed by atoms with Gasteiger partial charge in [-0.15, -0.1) is 0 Å². The number of nitrogens with zero attached hydrogens (tertiary/aromatic N) is 4. The van der Waals surface area contributed by atoms with Crippen LogP contribution in [0.25, 0.3) is 11.1 Å². The van der Waals surface area contributed by atoms with Gasteiger partial charge in [0.1, 0.15) is 5.82 Å². The number of hydrogen-bond donors (Lipinski definition) is 1. The van der Waals surface area contributed by atoms with Crippen molar-refractivity contribution < 1.29 is 9.59 Å². The molecule has 2 amide bonds. The summed E-state index contributed by atoms with van der Waals surface area (Å²) in [5.74, 6) is 1.55. The lowest BCUT2D eigenvalue weighted by Crippen LogP contribution is -2.33. The van der Waals surface area contributed by atoms with Crippen LogP contribution in [0.3, 0.4) is 0 Å². The molecule has 0 bridgehead atoms. The molecule has 7 nitrogen and oxygen atoms in total. The molecule has 0 aromatic carbocycles. The Morgan fingerprint density at radius 2 is 1.85 bits per heavy atom. The number of anilines is 1. The van der Waals surface area contributed by atoms with Crippen molar-refractivity contribution in [3.63, 3.8) is 0 Å². The topological polar surface area (TPSA) is 80.1 Å². The number of pyridine rings is 1. The molecule has 0 spiro atoms. The number of aromatic nitrogens is 3. The molecule has 3 aliphatic rings. The number of carbonyl (C=O) groups is 2. The van der Waals surface area contributed by atoms with Crippen LogP contribution >= 0.6 is 11.6 Å². The summed E-state index contributed by atoms with van der Waals surface area (Å²) < 4.78 is 2.05. The van der Waals surface area contributed by atoms with E-state index in [0.717, 1.165) is 50.0 Å². The molecule has 2 aromatic rings. The number of fused-ring (bicyclic) bond motifs is 2. The van der Waals surface area contributed by atoms with Crippen molar-refractivity contribution in [3.8, 4) is 11.1 Å². The van der Waals surface area contributed by atoms with Crippen LogP contribution in [0, 0.1) is 29.1 Å². The number of nitrogens with one attached hydrogen (secondary N) is 1. The summed E-state index contributed by atoms with van der Waals surface area (Å²) in [5.41, 5.74) is 3.21. The Morgan fingerprint density at radius 1 is 1.15 bits per heavy atom. The Balaban J connectivity index is 1.27. The van der Waals surface area contributed by atoms with E-state index in [0.29, 0.717) is 22.7 Å². The lowest BCUT2D eigenvalue weighted by Gasteiger charge is -2.21. The number of halogens is 1. The quantitative estimate of drug-likeness (QED) is 0.725. The maximum Gasteiger partial charge on any atom is 0.228 e. The predicted octanol–water partition coefficient (Wildman–Crippen LogP) is 4.26. The van der Waals surface area contributed by atoms with Gasteiger partial charge in [0, 0.05) is 54.5 Å². The van der Waals surface area contributed by atoms with Crippen molar-refractivity contribution in [2.45, 2.75) is 53.5 Å². The largest absolute Gasteiger partial charge is 0.342 e. The molecule has 1 saturated carbocycles. The van der Waals surface area contributed by atoms with Crippen molar-refractivity contribution in [2.24, 2.45) is 29.1 Å². The zero-order chi connectivity index (χ0) is 23.5. The van der Waals surface area contributed by atoms with Crippen LogP contribution in [-0.4, -0.2) is 44.6 Å². The van der Waals surface area contributed by atoms with Gasteiger partial charge in [-0.2, -0.15) is 5.10 Å². The third-order valence-electron chi connectivity index (χ3n) is 7.50. The van der Waals surface area contributed by atoms with E-state index in [4.69, 9.17) is 11.6 Å². The van der Waals surface area contributed by atoms with Crippen molar-refractivity contribution >= 4 is 29.2 Å². The second-order valence-electron chi connectivity index (χ2n) is 11.1. The minimum absolute atomic E-state index is 0.00766. The highest BCUT2D eigenvalue weighted by Gasteiger charge is 2.44. The Labute approximate surface area is 199 Å². The predicted molar refractivity (Wildman–Crippen MR) is 128 cm³/mol. The van der Waals surface area contributed by atoms with Crippen LogP contribution in [0.4, 0.5) is 5.82 Å². The first-order valence-electron chi connectivity index (χ1n) is 11.9. The summed E-state index contributed by atoms with van der Waals surface area (Å²) >= 11 is 6.51. The molecule has 5 rings (SSSR count). The average Bonchev–Trinajstić information content (AvgIpc) is 3.47. The van der Waals surface area contributed by atoms with Gasteiger partial charge in [0.05, 0.1) is 11.2 Å². The Morgan fingerprint density at radius 3 is 2.52 bits per heavy atom. The zero-order valence-electron chi connectivity index (χ0n) is 19.8. The third-order valence-corrected chi connectivity index (χ3v) is 7.80. The van der Waals surface area contributed by atoms with Crippen molar-refractivity contribution in [1.29, 1.82) is 0 Å². The SMILES string of the molecule is CC(C)C(=O)N1C[C@H]2CC(C(=O)Nc3cc(-c4cnn5c4CC(C)(C)C5)c(Cl)cn3)C[C@H]2C1. The lowest BCUT2D eigenvalue weighted by atomic mass is 9.89. The first-order valence-corrected chi connectivity index (χ1v) is 12.3. The molecule has 8 heteroatoms. The zero-order valence-corrected chi connectivity index (χ0v) is 20.5. The molecule has 1 aliphatic carbocycles. The summed E-state index contributed by atoms with van der Waals surface area (Å²) in [6, 6.07) is 1.86. The van der Waals surface area contributed by atoms with Gasteiger partial charge in [-0.3, -0.25) is 14.3 Å². The van der Waals surface area contributed by atoms with Crippen molar-refractivity contribution in [2.75, 3.05) is 18.4 Å². The summed E-state index contributed by atoms with van der Waals surface area (Å²) in [4.78, 5) is 31.7. The molecule has 2 fully saturated rings. The van der Waals surface area contributed by atoms with E-state index in [9.17, 15) is 9.59 Å². The van der Waals surface area contributed by atoms with Gasteiger partial charge >= 0.3 is 0 Å². The molecule has 1 unspecified atom stereocenters. The highest BCUT2D eigenvalue weighted by Crippen LogP contribution is 2.43. The Kier molecular flexibility index (Phi) is 5.51. The molecule has 33 heavy (non-hydrogen) atoms. The summed E-state index contributed by atoms with van der Waals surface area (Å²) in [6.07, 6.45) is 6.05. The number of carbonyl (C=O) groups excluding carboxylic acids is 2. The van der Waals surface area contributed by atoms with Crippen LogP contribution < -0.4 is 5.32 Å². The van der Waals surface area contributed by atoms with Gasteiger partial charge in [-0.25, -0.2) is 4.98 Å². The molecule has 1 saturated heterocycles. The molecule has 2 aromatic heterocycles. The van der Waals surface area contributed by atoms with Crippen LogP contribution in [0.2, 0.25) is 5.02 Å². The van der Waals surface area contributed by atoms with E-state index in [1.165, 1.54) is 5.69 Å². The lowest BCUT2D eigenvalue weighted by molar-refractivity contribution is -0.133. The van der Waals surface area contributed by atoms with E-state index in [1.807, 2.05) is 31.0 Å². The van der Waals surface area contributed by atoms with Crippen LogP contribution in [0.1, 0.15) is 46.2 Å². The molecule has 4 heterocycles. The van der Waals surface area contributed by atoms with E-state index in [1.54, 1.807) is 6.20 Å². The maximum absolute atomic E-state index is 13.0. The summed E-state index contributed by atoms with van der Waals surface area (Å²) in [5, 5.41) is 8.12. The number of rotatable bonds is 4. The normalized spacial score (nSPS) is 25.4. The van der Waals surface area contributed by atoms with Gasteiger partial charge in [0.15, 0.2) is 0 Å².